The Balaban J connectivity index is 2.06. The van der Waals surface area contributed by atoms with Gasteiger partial charge in [0.05, 0.1) is 11.3 Å². The van der Waals surface area contributed by atoms with Gasteiger partial charge in [-0.05, 0) is 30.8 Å². The van der Waals surface area contributed by atoms with Crippen molar-refractivity contribution in [3.8, 4) is 0 Å². The second kappa shape index (κ2) is 6.46. The number of H-pyrrole nitrogens is 1. The van der Waals surface area contributed by atoms with Crippen LogP contribution < -0.4 is 5.32 Å². The highest BCUT2D eigenvalue weighted by Gasteiger charge is 2.12. The van der Waals surface area contributed by atoms with Crippen LogP contribution in [0.4, 0.5) is 0 Å². The van der Waals surface area contributed by atoms with Crippen molar-refractivity contribution in [2.45, 2.75) is 6.54 Å². The molecule has 116 valence electrons. The molecule has 5 heteroatoms. The number of fused-ring (bicyclic) bond motifs is 1. The van der Waals surface area contributed by atoms with Gasteiger partial charge >= 0.3 is 5.97 Å². The average molecular weight is 307 g/mol. The van der Waals surface area contributed by atoms with Crippen molar-refractivity contribution in [1.82, 2.24) is 15.3 Å². The molecule has 0 aliphatic carbocycles. The number of hydrogen-bond acceptors (Lipinski definition) is 3. The zero-order valence-corrected chi connectivity index (χ0v) is 12.7. The summed E-state index contributed by atoms with van der Waals surface area (Å²) in [6, 6.07) is 13.0. The van der Waals surface area contributed by atoms with Crippen molar-refractivity contribution in [3.63, 3.8) is 0 Å². The zero-order chi connectivity index (χ0) is 16.2. The van der Waals surface area contributed by atoms with Crippen molar-refractivity contribution in [3.05, 3.63) is 65.5 Å². The molecule has 0 aliphatic heterocycles. The van der Waals surface area contributed by atoms with E-state index in [1.165, 1.54) is 0 Å². The second-order valence-corrected chi connectivity index (χ2v) is 5.20. The Hall–Kier alpha value is -2.92. The predicted molar refractivity (Wildman–Crippen MR) is 90.8 cm³/mol. The summed E-state index contributed by atoms with van der Waals surface area (Å²) in [7, 11) is 1.87. The van der Waals surface area contributed by atoms with Crippen LogP contribution in [0.5, 0.6) is 0 Å². The molecule has 3 aromatic rings. The first kappa shape index (κ1) is 15.0. The predicted octanol–water partition coefficient (Wildman–Crippen LogP) is 2.91. The lowest BCUT2D eigenvalue weighted by Crippen LogP contribution is -2.06. The Labute approximate surface area is 133 Å². The van der Waals surface area contributed by atoms with Crippen LogP contribution in [0.1, 0.15) is 16.8 Å². The molecule has 2 aromatic heterocycles. The topological polar surface area (TPSA) is 78.0 Å². The number of aromatic amines is 1. The number of aliphatic carboxylic acids is 1. The van der Waals surface area contributed by atoms with Crippen LogP contribution in [0.3, 0.4) is 0 Å². The maximum absolute atomic E-state index is 11.6. The highest BCUT2D eigenvalue weighted by Crippen LogP contribution is 2.24. The van der Waals surface area contributed by atoms with Gasteiger partial charge in [-0.15, -0.1) is 0 Å². The number of rotatable bonds is 5. The van der Waals surface area contributed by atoms with E-state index in [2.05, 4.69) is 15.3 Å². The highest BCUT2D eigenvalue weighted by atomic mass is 16.4. The van der Waals surface area contributed by atoms with Crippen LogP contribution in [0.15, 0.2) is 48.7 Å². The summed E-state index contributed by atoms with van der Waals surface area (Å²) in [5.41, 5.74) is 3.42. The van der Waals surface area contributed by atoms with Crippen LogP contribution >= 0.6 is 0 Å². The highest BCUT2D eigenvalue weighted by molar-refractivity contribution is 6.21. The van der Waals surface area contributed by atoms with Crippen LogP contribution in [-0.2, 0) is 11.3 Å². The molecule has 2 heterocycles. The quantitative estimate of drug-likeness (QED) is 0.633. The van der Waals surface area contributed by atoms with E-state index < -0.39 is 5.97 Å². The Morgan fingerprint density at radius 1 is 1.26 bits per heavy atom. The van der Waals surface area contributed by atoms with Gasteiger partial charge in [0.25, 0.3) is 0 Å². The summed E-state index contributed by atoms with van der Waals surface area (Å²) in [6.45, 7) is 0.685. The molecular formula is C18H17N3O2. The van der Waals surface area contributed by atoms with Gasteiger partial charge in [0.2, 0.25) is 0 Å². The van der Waals surface area contributed by atoms with E-state index in [0.717, 1.165) is 22.3 Å². The van der Waals surface area contributed by atoms with Gasteiger partial charge in [0.1, 0.15) is 5.65 Å². The van der Waals surface area contributed by atoms with Crippen molar-refractivity contribution >= 4 is 28.7 Å². The number of carboxylic acid groups (broad SMARTS) is 1. The third kappa shape index (κ3) is 3.14. The number of benzene rings is 1. The van der Waals surface area contributed by atoms with Crippen LogP contribution in [0.2, 0.25) is 0 Å². The van der Waals surface area contributed by atoms with E-state index in [1.807, 2.05) is 37.4 Å². The lowest BCUT2D eigenvalue weighted by Gasteiger charge is -2.03. The number of pyridine rings is 1. The zero-order valence-electron chi connectivity index (χ0n) is 12.7. The van der Waals surface area contributed by atoms with Crippen molar-refractivity contribution in [1.29, 1.82) is 0 Å². The van der Waals surface area contributed by atoms with Crippen LogP contribution in [0.25, 0.3) is 22.7 Å². The molecule has 23 heavy (non-hydrogen) atoms. The van der Waals surface area contributed by atoms with E-state index in [9.17, 15) is 9.90 Å². The first-order chi connectivity index (χ1) is 11.2. The Morgan fingerprint density at radius 3 is 2.74 bits per heavy atom. The molecule has 3 N–H and O–H groups in total. The Bertz CT molecular complexity index is 866. The van der Waals surface area contributed by atoms with E-state index in [0.29, 0.717) is 12.1 Å². The third-order valence-electron chi connectivity index (χ3n) is 3.60. The van der Waals surface area contributed by atoms with Gasteiger partial charge in [-0.25, -0.2) is 9.78 Å². The van der Waals surface area contributed by atoms with Gasteiger partial charge in [0, 0.05) is 23.7 Å². The van der Waals surface area contributed by atoms with Gasteiger partial charge in [0.15, 0.2) is 0 Å². The number of carboxylic acids is 1. The largest absolute Gasteiger partial charge is 0.478 e. The van der Waals surface area contributed by atoms with Crippen molar-refractivity contribution < 1.29 is 9.90 Å². The molecule has 0 radical (unpaired) electrons. The number of aromatic nitrogens is 2. The smallest absolute Gasteiger partial charge is 0.336 e. The van der Waals surface area contributed by atoms with Gasteiger partial charge in [-0.3, -0.25) is 0 Å². The van der Waals surface area contributed by atoms with E-state index in [1.54, 1.807) is 24.4 Å². The standard InChI is InChI=1S/C18H17N3O2/c1-19-11-14-7-8-15-13(10-20-17(15)21-14)9-16(18(22)23)12-5-3-2-4-6-12/h2-10,19H,11H2,1H3,(H,20,21)(H,22,23). The lowest BCUT2D eigenvalue weighted by molar-refractivity contribution is -0.130. The summed E-state index contributed by atoms with van der Waals surface area (Å²) < 4.78 is 0. The minimum absolute atomic E-state index is 0.255. The minimum Gasteiger partial charge on any atom is -0.478 e. The van der Waals surface area contributed by atoms with Crippen LogP contribution in [0, 0.1) is 0 Å². The maximum Gasteiger partial charge on any atom is 0.336 e. The molecule has 0 aliphatic rings. The fourth-order valence-electron chi connectivity index (χ4n) is 2.51. The van der Waals surface area contributed by atoms with E-state index in [4.69, 9.17) is 0 Å². The van der Waals surface area contributed by atoms with Crippen molar-refractivity contribution in [2.24, 2.45) is 0 Å². The third-order valence-corrected chi connectivity index (χ3v) is 3.60. The molecule has 0 bridgehead atoms. The SMILES string of the molecule is CNCc1ccc2c(C=C(C(=O)O)c3ccccc3)c[nH]c2n1. The number of hydrogen-bond donors (Lipinski definition) is 3. The van der Waals surface area contributed by atoms with Gasteiger partial charge in [-0.1, -0.05) is 30.3 Å². The molecule has 0 atom stereocenters. The molecule has 3 rings (SSSR count). The molecule has 5 nitrogen and oxygen atoms in total. The maximum atomic E-state index is 11.6. The first-order valence-electron chi connectivity index (χ1n) is 7.31. The molecule has 0 saturated heterocycles. The number of nitrogens with one attached hydrogen (secondary N) is 2. The Morgan fingerprint density at radius 2 is 2.04 bits per heavy atom. The average Bonchev–Trinajstić information content (AvgIpc) is 2.95. The summed E-state index contributed by atoms with van der Waals surface area (Å²) >= 11 is 0. The molecule has 0 unspecified atom stereocenters. The van der Waals surface area contributed by atoms with Gasteiger partial charge < -0.3 is 15.4 Å². The number of nitrogens with zero attached hydrogens (tertiary/aromatic N) is 1. The molecular weight excluding hydrogens is 290 g/mol. The number of carbonyl (C=O) groups is 1. The van der Waals surface area contributed by atoms with E-state index in [-0.39, 0.29) is 5.57 Å². The molecule has 1 aromatic carbocycles. The van der Waals surface area contributed by atoms with Crippen LogP contribution in [-0.4, -0.2) is 28.1 Å². The molecule has 0 spiro atoms. The monoisotopic (exact) mass is 307 g/mol. The second-order valence-electron chi connectivity index (χ2n) is 5.20. The Kier molecular flexibility index (Phi) is 4.21. The lowest BCUT2D eigenvalue weighted by atomic mass is 10.0. The summed E-state index contributed by atoms with van der Waals surface area (Å²) in [6.07, 6.45) is 3.46. The first-order valence-corrected chi connectivity index (χ1v) is 7.31. The van der Waals surface area contributed by atoms with Gasteiger partial charge in [-0.2, -0.15) is 0 Å². The van der Waals surface area contributed by atoms with Crippen molar-refractivity contribution in [2.75, 3.05) is 7.05 Å². The molecule has 0 amide bonds. The van der Waals surface area contributed by atoms with E-state index >= 15 is 0 Å². The minimum atomic E-state index is -0.953. The normalized spacial score (nSPS) is 11.8. The summed E-state index contributed by atoms with van der Waals surface area (Å²) in [5, 5.41) is 13.5. The summed E-state index contributed by atoms with van der Waals surface area (Å²) in [4.78, 5) is 19.2. The molecule has 0 saturated carbocycles. The fraction of sp³-hybridized carbons (Fsp3) is 0.111. The fourth-order valence-corrected chi connectivity index (χ4v) is 2.51. The summed E-state index contributed by atoms with van der Waals surface area (Å²) in [5.74, 6) is -0.953. The molecule has 0 fully saturated rings.